The Morgan fingerprint density at radius 2 is 1.65 bits per heavy atom. The first-order valence-electron chi connectivity index (χ1n) is 23.7. The Labute approximate surface area is 403 Å². The zero-order valence-corrected chi connectivity index (χ0v) is 39.3. The number of carbonyl (C=O) groups is 2. The lowest BCUT2D eigenvalue weighted by molar-refractivity contribution is -0.256. The van der Waals surface area contributed by atoms with Gasteiger partial charge in [0.05, 0.1) is 44.1 Å². The van der Waals surface area contributed by atoms with Crippen LogP contribution in [0.25, 0.3) is 0 Å². The zero-order valence-electron chi connectivity index (χ0n) is 39.3. The van der Waals surface area contributed by atoms with Crippen molar-refractivity contribution >= 4 is 18.1 Å². The lowest BCUT2D eigenvalue weighted by atomic mass is 9.55. The van der Waals surface area contributed by atoms with Crippen molar-refractivity contribution in [2.24, 2.45) is 22.9 Å². The maximum Gasteiger partial charge on any atom is 0.410 e. The van der Waals surface area contributed by atoms with Crippen molar-refractivity contribution in [1.82, 2.24) is 4.90 Å². The molecule has 15 heteroatoms. The molecule has 4 aromatic rings. The van der Waals surface area contributed by atoms with Crippen molar-refractivity contribution in [2.75, 3.05) is 54.0 Å². The van der Waals surface area contributed by atoms with Crippen LogP contribution in [0.5, 0.6) is 34.5 Å². The predicted octanol–water partition coefficient (Wildman–Crippen LogP) is 9.15. The second-order valence-corrected chi connectivity index (χ2v) is 17.5. The number of hydrogen-bond acceptors (Lipinski definition) is 14. The van der Waals surface area contributed by atoms with E-state index >= 15 is 0 Å². The quantitative estimate of drug-likeness (QED) is 0.0295. The van der Waals surface area contributed by atoms with Crippen LogP contribution in [-0.4, -0.2) is 99.1 Å². The van der Waals surface area contributed by atoms with E-state index in [-0.39, 0.29) is 70.5 Å². The average Bonchev–Trinajstić information content (AvgIpc) is 3.85. The smallest absolute Gasteiger partial charge is 0.410 e. The van der Waals surface area contributed by atoms with Gasteiger partial charge in [0, 0.05) is 37.7 Å². The number of benzene rings is 4. The van der Waals surface area contributed by atoms with E-state index < -0.39 is 23.8 Å². The Balaban J connectivity index is 1.26. The molecule has 6 atom stereocenters. The van der Waals surface area contributed by atoms with Gasteiger partial charge in [0.2, 0.25) is 12.6 Å². The maximum absolute atomic E-state index is 15.0. The lowest BCUT2D eigenvalue weighted by Crippen LogP contribution is -2.70. The molecule has 1 amide bonds. The summed E-state index contributed by atoms with van der Waals surface area (Å²) in [6, 6.07) is 25.2. The molecular formula is C54H62N2O13. The lowest BCUT2D eigenvalue weighted by Gasteiger charge is -2.59. The van der Waals surface area contributed by atoms with Gasteiger partial charge >= 0.3 is 6.09 Å². The van der Waals surface area contributed by atoms with E-state index in [0.717, 1.165) is 54.2 Å². The summed E-state index contributed by atoms with van der Waals surface area (Å²) in [5.41, 5.74) is 4.47. The highest BCUT2D eigenvalue weighted by Crippen LogP contribution is 2.62. The first-order valence-corrected chi connectivity index (χ1v) is 23.7. The summed E-state index contributed by atoms with van der Waals surface area (Å²) < 4.78 is 49.9. The van der Waals surface area contributed by atoms with E-state index in [1.165, 1.54) is 14.2 Å². The topological polar surface area (TPSA) is 173 Å². The Hall–Kier alpha value is -6.39. The maximum atomic E-state index is 15.0. The SMILES string of the molecule is C=CCOC12Oc3ccc(Oc4ccc(OC)c(C=O)c4)cc3C3C(CCCCO)C(CCCCO)C=C(C(=NOC)CC1N(Cc1ccc4c(c1)OCO4)C(=O)OCCOCc1ccccc1)C32. The number of nitrogens with zero attached hydrogens (tertiary/aromatic N) is 2. The molecule has 2 aliphatic carbocycles. The van der Waals surface area contributed by atoms with Crippen LogP contribution in [0.3, 0.4) is 0 Å². The number of carbonyl (C=O) groups excluding carboxylic acids is 2. The van der Waals surface area contributed by atoms with E-state index in [0.29, 0.717) is 65.2 Å². The monoisotopic (exact) mass is 946 g/mol. The fourth-order valence-electron chi connectivity index (χ4n) is 10.4. The Kier molecular flexibility index (Phi) is 16.5. The van der Waals surface area contributed by atoms with Crippen molar-refractivity contribution in [3.05, 3.63) is 131 Å². The zero-order chi connectivity index (χ0) is 48.2. The first-order chi connectivity index (χ1) is 33.8. The Morgan fingerprint density at radius 1 is 0.884 bits per heavy atom. The largest absolute Gasteiger partial charge is 0.496 e. The standard InChI is InChI=1S/C54H62N2O13/c1-4-24-67-54-50(56(32-37-16-19-48-49(27-37)66-35-65-48)53(60)64-26-25-63-34-36-12-6-5-7-13-36)31-45(55-62-3)43-29-38(14-8-10-22-57)42(15-9-11-23-58)51(52(43)54)44-30-41(18-21-47(44)69-54)68-40-17-20-46(61-2)39(28-40)33-59/h4-7,12-13,16-21,27-30,33,38,42,50-52,57-58H,1,8-11,14-15,22-26,31-32,34-35H2,2-3H3. The minimum atomic E-state index is -1.55. The highest BCUT2D eigenvalue weighted by Gasteiger charge is 2.65. The Bertz CT molecular complexity index is 2460. The molecule has 2 N–H and O–H groups in total. The van der Waals surface area contributed by atoms with Crippen LogP contribution < -0.4 is 23.7 Å². The van der Waals surface area contributed by atoms with Crippen molar-refractivity contribution in [3.63, 3.8) is 0 Å². The van der Waals surface area contributed by atoms with Crippen LogP contribution >= 0.6 is 0 Å². The number of ether oxygens (including phenoxy) is 8. The average molecular weight is 947 g/mol. The summed E-state index contributed by atoms with van der Waals surface area (Å²) in [6.07, 6.45) is 8.52. The minimum absolute atomic E-state index is 0.0139. The number of methoxy groups -OCH3 is 1. The van der Waals surface area contributed by atoms with E-state index in [2.05, 4.69) is 12.7 Å². The van der Waals surface area contributed by atoms with E-state index in [1.54, 1.807) is 29.2 Å². The molecule has 6 unspecified atom stereocenters. The van der Waals surface area contributed by atoms with Crippen molar-refractivity contribution in [2.45, 2.75) is 75.8 Å². The molecule has 0 saturated heterocycles. The molecule has 1 saturated carbocycles. The summed E-state index contributed by atoms with van der Waals surface area (Å²) in [5.74, 6) is 0.634. The summed E-state index contributed by atoms with van der Waals surface area (Å²) >= 11 is 0. The third-order valence-electron chi connectivity index (χ3n) is 13.4. The van der Waals surface area contributed by atoms with Gasteiger partial charge in [-0.25, -0.2) is 4.79 Å². The summed E-state index contributed by atoms with van der Waals surface area (Å²) in [5, 5.41) is 24.7. The number of hydrogen-bond donors (Lipinski definition) is 2. The molecule has 2 aliphatic heterocycles. The number of amides is 1. The van der Waals surface area contributed by atoms with Crippen molar-refractivity contribution < 1.29 is 62.5 Å². The van der Waals surface area contributed by atoms with Crippen LogP contribution in [0.15, 0.2) is 114 Å². The molecule has 1 fully saturated rings. The van der Waals surface area contributed by atoms with Gasteiger partial charge < -0.3 is 52.9 Å². The molecule has 4 aromatic carbocycles. The molecule has 0 spiro atoms. The van der Waals surface area contributed by atoms with Crippen LogP contribution in [0.1, 0.15) is 77.9 Å². The summed E-state index contributed by atoms with van der Waals surface area (Å²) in [7, 11) is 3.02. The van der Waals surface area contributed by atoms with Crippen molar-refractivity contribution in [1.29, 1.82) is 0 Å². The number of allylic oxidation sites excluding steroid dienone is 1. The summed E-state index contributed by atoms with van der Waals surface area (Å²) in [4.78, 5) is 34.3. The van der Waals surface area contributed by atoms with Gasteiger partial charge in [-0.2, -0.15) is 0 Å². The van der Waals surface area contributed by atoms with Gasteiger partial charge in [-0.05, 0) is 103 Å². The van der Waals surface area contributed by atoms with Gasteiger partial charge in [-0.1, -0.05) is 66.5 Å². The third kappa shape index (κ3) is 10.9. The fraction of sp³-hybridized carbons (Fsp3) is 0.426. The molecule has 0 bridgehead atoms. The third-order valence-corrected chi connectivity index (χ3v) is 13.4. The molecular weight excluding hydrogens is 885 g/mol. The van der Waals surface area contributed by atoms with E-state index in [4.69, 9.17) is 47.9 Å². The van der Waals surface area contributed by atoms with Gasteiger partial charge in [0.1, 0.15) is 42.8 Å². The molecule has 0 aromatic heterocycles. The van der Waals surface area contributed by atoms with Gasteiger partial charge in [0.25, 0.3) is 0 Å². The second kappa shape index (κ2) is 23.3. The molecule has 4 aliphatic rings. The highest BCUT2D eigenvalue weighted by atomic mass is 16.7. The van der Waals surface area contributed by atoms with Gasteiger partial charge in [0.15, 0.2) is 17.8 Å². The molecule has 69 heavy (non-hydrogen) atoms. The van der Waals surface area contributed by atoms with E-state index in [9.17, 15) is 19.8 Å². The predicted molar refractivity (Wildman–Crippen MR) is 256 cm³/mol. The van der Waals surface area contributed by atoms with Gasteiger partial charge in [-0.3, -0.25) is 9.69 Å². The number of aliphatic hydroxyl groups is 2. The second-order valence-electron chi connectivity index (χ2n) is 17.5. The van der Waals surface area contributed by atoms with Crippen LogP contribution in [0, 0.1) is 17.8 Å². The highest BCUT2D eigenvalue weighted by molar-refractivity contribution is 6.03. The molecule has 2 heterocycles. The first kappa shape index (κ1) is 49.0. The van der Waals surface area contributed by atoms with Crippen LogP contribution in [0.4, 0.5) is 4.79 Å². The van der Waals surface area contributed by atoms with Crippen LogP contribution in [0.2, 0.25) is 0 Å². The minimum Gasteiger partial charge on any atom is -0.496 e. The number of oxime groups is 1. The fourth-order valence-corrected chi connectivity index (χ4v) is 10.4. The van der Waals surface area contributed by atoms with Gasteiger partial charge in [-0.15, -0.1) is 6.58 Å². The number of fused-ring (bicyclic) bond motifs is 3. The Morgan fingerprint density at radius 3 is 2.42 bits per heavy atom. The normalized spacial score (nSPS) is 22.3. The van der Waals surface area contributed by atoms with Crippen LogP contribution in [-0.2, 0) is 32.2 Å². The number of rotatable bonds is 24. The number of unbranched alkanes of at least 4 members (excludes halogenated alkanes) is 2. The molecule has 15 nitrogen and oxygen atoms in total. The molecule has 0 radical (unpaired) electrons. The number of aliphatic hydroxyl groups excluding tert-OH is 2. The van der Waals surface area contributed by atoms with E-state index in [1.807, 2.05) is 66.7 Å². The molecule has 8 rings (SSSR count). The van der Waals surface area contributed by atoms with Crippen molar-refractivity contribution in [3.8, 4) is 34.5 Å². The molecule has 366 valence electrons. The number of aldehydes is 1. The summed E-state index contributed by atoms with van der Waals surface area (Å²) in [6.45, 7) is 4.89.